The second-order valence-corrected chi connectivity index (χ2v) is 8.87. The molecule has 2 aromatic carbocycles. The molecule has 158 valence electrons. The highest BCUT2D eigenvalue weighted by molar-refractivity contribution is 7.92. The maximum Gasteiger partial charge on any atom is 0.328 e. The lowest BCUT2D eigenvalue weighted by atomic mass is 10.2. The molecule has 1 aliphatic heterocycles. The molecule has 1 aliphatic rings. The molecule has 30 heavy (non-hydrogen) atoms. The number of carbonyl (C=O) groups excluding carboxylic acids is 1. The third-order valence-corrected chi connectivity index (χ3v) is 6.03. The van der Waals surface area contributed by atoms with E-state index in [0.29, 0.717) is 22.7 Å². The summed E-state index contributed by atoms with van der Waals surface area (Å²) in [5, 5.41) is 2.69. The van der Waals surface area contributed by atoms with Crippen molar-refractivity contribution in [1.29, 1.82) is 0 Å². The molecule has 1 aromatic heterocycles. The zero-order valence-corrected chi connectivity index (χ0v) is 17.4. The van der Waals surface area contributed by atoms with Crippen molar-refractivity contribution < 1.29 is 22.7 Å². The molecule has 0 bridgehead atoms. The Labute approximate surface area is 172 Å². The smallest absolute Gasteiger partial charge is 0.328 e. The van der Waals surface area contributed by atoms with Crippen LogP contribution >= 0.6 is 0 Å². The topological polar surface area (TPSA) is 112 Å². The number of hydrogen-bond acceptors (Lipinski definition) is 6. The van der Waals surface area contributed by atoms with Gasteiger partial charge >= 0.3 is 5.69 Å². The average Bonchev–Trinajstić information content (AvgIpc) is 3.24. The van der Waals surface area contributed by atoms with Crippen LogP contribution in [-0.4, -0.2) is 43.1 Å². The first-order chi connectivity index (χ1) is 14.1. The molecule has 0 saturated heterocycles. The van der Waals surface area contributed by atoms with Gasteiger partial charge in [-0.05, 0) is 30.3 Å². The Morgan fingerprint density at radius 2 is 1.77 bits per heavy atom. The fraction of sp³-hybridized carbons (Fsp3) is 0.263. The first kappa shape index (κ1) is 19.8. The van der Waals surface area contributed by atoms with Gasteiger partial charge in [-0.2, -0.15) is 0 Å². The minimum atomic E-state index is -3.74. The Morgan fingerprint density at radius 3 is 2.50 bits per heavy atom. The maximum atomic E-state index is 12.6. The summed E-state index contributed by atoms with van der Waals surface area (Å²) in [6.07, 6.45) is 1.02. The van der Waals surface area contributed by atoms with Crippen molar-refractivity contribution in [3.05, 3.63) is 46.9 Å². The summed E-state index contributed by atoms with van der Waals surface area (Å²) >= 11 is 0. The highest BCUT2D eigenvalue weighted by atomic mass is 32.2. The van der Waals surface area contributed by atoms with Crippen LogP contribution in [0.1, 0.15) is 0 Å². The summed E-state index contributed by atoms with van der Waals surface area (Å²) in [6.45, 7) is -0.368. The Hall–Kier alpha value is -3.47. The average molecular weight is 432 g/mol. The highest BCUT2D eigenvalue weighted by Crippen LogP contribution is 2.36. The minimum Gasteiger partial charge on any atom is -0.454 e. The lowest BCUT2D eigenvalue weighted by Gasteiger charge is -2.22. The summed E-state index contributed by atoms with van der Waals surface area (Å²) in [6, 6.07) is 9.71. The number of sulfonamides is 1. The number of ether oxygens (including phenoxy) is 2. The van der Waals surface area contributed by atoms with Crippen LogP contribution in [0.3, 0.4) is 0 Å². The Morgan fingerprint density at radius 1 is 1.07 bits per heavy atom. The Balaban J connectivity index is 1.58. The van der Waals surface area contributed by atoms with Crippen LogP contribution < -0.4 is 24.8 Å². The Kier molecular flexibility index (Phi) is 4.69. The molecule has 0 spiro atoms. The molecule has 10 nitrogen and oxygen atoms in total. The number of nitrogens with zero attached hydrogens (tertiary/aromatic N) is 3. The number of nitrogens with one attached hydrogen (secondary N) is 1. The summed E-state index contributed by atoms with van der Waals surface area (Å²) < 4.78 is 39.1. The van der Waals surface area contributed by atoms with Gasteiger partial charge in [-0.3, -0.25) is 18.2 Å². The molecule has 0 aliphatic carbocycles. The molecule has 1 N–H and O–H groups in total. The molecule has 4 rings (SSSR count). The predicted molar refractivity (Wildman–Crippen MR) is 112 cm³/mol. The SMILES string of the molecule is Cn1c(=O)n(C)c2cc(NC(=O)CN(c3ccc4c(c3)OCO4)S(C)(=O)=O)ccc21. The molecular weight excluding hydrogens is 412 g/mol. The third-order valence-electron chi connectivity index (χ3n) is 4.89. The van der Waals surface area contributed by atoms with E-state index in [0.717, 1.165) is 16.1 Å². The number of rotatable bonds is 5. The molecule has 2 heterocycles. The van der Waals surface area contributed by atoms with Gasteiger partial charge in [-0.1, -0.05) is 0 Å². The van der Waals surface area contributed by atoms with Gasteiger partial charge < -0.3 is 14.8 Å². The summed E-state index contributed by atoms with van der Waals surface area (Å²) in [5.41, 5.74) is 1.93. The number of aromatic nitrogens is 2. The highest BCUT2D eigenvalue weighted by Gasteiger charge is 2.24. The molecule has 0 unspecified atom stereocenters. The molecule has 0 saturated carbocycles. The number of anilines is 2. The fourth-order valence-corrected chi connectivity index (χ4v) is 4.20. The van der Waals surface area contributed by atoms with E-state index in [1.54, 1.807) is 44.4 Å². The number of hydrogen-bond donors (Lipinski definition) is 1. The monoisotopic (exact) mass is 432 g/mol. The van der Waals surface area contributed by atoms with E-state index in [4.69, 9.17) is 9.47 Å². The van der Waals surface area contributed by atoms with Crippen LogP contribution in [0.5, 0.6) is 11.5 Å². The van der Waals surface area contributed by atoms with Gasteiger partial charge in [0.05, 0.1) is 23.0 Å². The number of aryl methyl sites for hydroxylation is 2. The van der Waals surface area contributed by atoms with E-state index in [-0.39, 0.29) is 18.2 Å². The molecular formula is C19H20N4O6S. The summed E-state index contributed by atoms with van der Waals surface area (Å²) in [7, 11) is -0.434. The van der Waals surface area contributed by atoms with Crippen molar-refractivity contribution >= 4 is 38.3 Å². The molecule has 1 amide bonds. The first-order valence-corrected chi connectivity index (χ1v) is 10.8. The number of benzene rings is 2. The number of imidazole rings is 1. The third kappa shape index (κ3) is 3.47. The second kappa shape index (κ2) is 7.10. The standard InChI is InChI=1S/C19H20N4O6S/c1-21-14-6-4-12(8-15(14)22(2)19(21)25)20-18(24)10-23(30(3,26)27)13-5-7-16-17(9-13)29-11-28-16/h4-9H,10-11H2,1-3H3,(H,20,24). The van der Waals surface area contributed by atoms with Crippen LogP contribution in [0, 0.1) is 0 Å². The second-order valence-electron chi connectivity index (χ2n) is 6.96. The maximum absolute atomic E-state index is 12.6. The van der Waals surface area contributed by atoms with Crippen LogP contribution in [0.4, 0.5) is 11.4 Å². The van der Waals surface area contributed by atoms with Crippen LogP contribution in [0.15, 0.2) is 41.2 Å². The van der Waals surface area contributed by atoms with Gasteiger partial charge in [-0.15, -0.1) is 0 Å². The van der Waals surface area contributed by atoms with Gasteiger partial charge in [0.2, 0.25) is 22.7 Å². The van der Waals surface area contributed by atoms with Gasteiger partial charge in [0, 0.05) is 25.8 Å². The predicted octanol–water partition coefficient (Wildman–Crippen LogP) is 1.01. The zero-order chi connectivity index (χ0) is 21.6. The molecule has 3 aromatic rings. The van der Waals surface area contributed by atoms with Crippen molar-refractivity contribution in [2.24, 2.45) is 14.1 Å². The van der Waals surface area contributed by atoms with Gasteiger partial charge in [0.25, 0.3) is 0 Å². The van der Waals surface area contributed by atoms with E-state index in [1.807, 2.05) is 0 Å². The van der Waals surface area contributed by atoms with Crippen molar-refractivity contribution in [2.75, 3.05) is 29.2 Å². The largest absolute Gasteiger partial charge is 0.454 e. The summed E-state index contributed by atoms with van der Waals surface area (Å²) in [4.78, 5) is 24.7. The van der Waals surface area contributed by atoms with Crippen LogP contribution in [0.25, 0.3) is 11.0 Å². The van der Waals surface area contributed by atoms with Crippen molar-refractivity contribution in [3.63, 3.8) is 0 Å². The number of carbonyl (C=O) groups is 1. The number of amides is 1. The Bertz CT molecular complexity index is 1320. The van der Waals surface area contributed by atoms with Crippen molar-refractivity contribution in [1.82, 2.24) is 9.13 Å². The van der Waals surface area contributed by atoms with E-state index in [1.165, 1.54) is 15.2 Å². The lowest BCUT2D eigenvalue weighted by molar-refractivity contribution is -0.114. The van der Waals surface area contributed by atoms with E-state index < -0.39 is 22.5 Å². The van der Waals surface area contributed by atoms with E-state index >= 15 is 0 Å². The fourth-order valence-electron chi connectivity index (χ4n) is 3.36. The van der Waals surface area contributed by atoms with Crippen LogP contribution in [0.2, 0.25) is 0 Å². The van der Waals surface area contributed by atoms with Gasteiger partial charge in [0.15, 0.2) is 11.5 Å². The normalized spacial score (nSPS) is 12.9. The van der Waals surface area contributed by atoms with E-state index in [2.05, 4.69) is 5.32 Å². The lowest BCUT2D eigenvalue weighted by Crippen LogP contribution is -2.37. The van der Waals surface area contributed by atoms with Gasteiger partial charge in [0.1, 0.15) is 6.54 Å². The van der Waals surface area contributed by atoms with Crippen molar-refractivity contribution in [2.45, 2.75) is 0 Å². The van der Waals surface area contributed by atoms with E-state index in [9.17, 15) is 18.0 Å². The van der Waals surface area contributed by atoms with Crippen LogP contribution in [-0.2, 0) is 28.9 Å². The molecule has 0 fully saturated rings. The molecule has 0 radical (unpaired) electrons. The van der Waals surface area contributed by atoms with Crippen molar-refractivity contribution in [3.8, 4) is 11.5 Å². The number of fused-ring (bicyclic) bond motifs is 2. The zero-order valence-electron chi connectivity index (χ0n) is 16.6. The molecule has 11 heteroatoms. The first-order valence-electron chi connectivity index (χ1n) is 8.98. The molecule has 0 atom stereocenters. The minimum absolute atomic E-state index is 0.0581. The quantitative estimate of drug-likeness (QED) is 0.644. The summed E-state index contributed by atoms with van der Waals surface area (Å²) in [5.74, 6) is 0.397. The van der Waals surface area contributed by atoms with Gasteiger partial charge in [-0.25, -0.2) is 13.2 Å².